The van der Waals surface area contributed by atoms with E-state index in [0.717, 1.165) is 29.3 Å². The molecule has 0 fully saturated rings. The van der Waals surface area contributed by atoms with Crippen molar-refractivity contribution in [3.8, 4) is 0 Å². The Kier molecular flexibility index (Phi) is 4.05. The lowest BCUT2D eigenvalue weighted by molar-refractivity contribution is -0.138. The molecule has 0 radical (unpaired) electrons. The van der Waals surface area contributed by atoms with Crippen molar-refractivity contribution in [1.29, 1.82) is 0 Å². The second-order valence-electron chi connectivity index (χ2n) is 5.00. The van der Waals surface area contributed by atoms with Gasteiger partial charge in [0.25, 0.3) is 0 Å². The zero-order valence-corrected chi connectivity index (χ0v) is 11.6. The third-order valence-electron chi connectivity index (χ3n) is 3.64. The van der Waals surface area contributed by atoms with Crippen LogP contribution in [0.25, 0.3) is 0 Å². The Morgan fingerprint density at radius 3 is 2.29 bits per heavy atom. The van der Waals surface area contributed by atoms with E-state index < -0.39 is 23.6 Å². The molecular weight excluding hydrogens is 282 g/mol. The lowest BCUT2D eigenvalue weighted by Gasteiger charge is -2.21. The standard InChI is InChI=1S/C16H15F4N/c1-9-4-3-5-12(10(9)2)15(21)13-8-11(17)6-7-14(13)16(18,19)20/h3-8,15H,21H2,1-2H3. The van der Waals surface area contributed by atoms with Gasteiger partial charge in [-0.25, -0.2) is 4.39 Å². The topological polar surface area (TPSA) is 26.0 Å². The van der Waals surface area contributed by atoms with Gasteiger partial charge in [-0.05, 0) is 54.3 Å². The molecule has 1 atom stereocenters. The van der Waals surface area contributed by atoms with Gasteiger partial charge in [-0.3, -0.25) is 0 Å². The summed E-state index contributed by atoms with van der Waals surface area (Å²) >= 11 is 0. The number of halogens is 4. The highest BCUT2D eigenvalue weighted by Crippen LogP contribution is 2.37. The van der Waals surface area contributed by atoms with Crippen molar-refractivity contribution in [3.05, 3.63) is 70.0 Å². The van der Waals surface area contributed by atoms with E-state index in [1.54, 1.807) is 19.1 Å². The fourth-order valence-corrected chi connectivity index (χ4v) is 2.33. The number of hydrogen-bond donors (Lipinski definition) is 1. The largest absolute Gasteiger partial charge is 0.416 e. The van der Waals surface area contributed by atoms with Crippen LogP contribution in [0, 0.1) is 19.7 Å². The summed E-state index contributed by atoms with van der Waals surface area (Å²) in [6.45, 7) is 3.64. The summed E-state index contributed by atoms with van der Waals surface area (Å²) in [4.78, 5) is 0. The minimum Gasteiger partial charge on any atom is -0.320 e. The van der Waals surface area contributed by atoms with Crippen molar-refractivity contribution < 1.29 is 17.6 Å². The van der Waals surface area contributed by atoms with Crippen LogP contribution in [0.1, 0.15) is 33.9 Å². The molecule has 112 valence electrons. The van der Waals surface area contributed by atoms with Crippen molar-refractivity contribution in [2.75, 3.05) is 0 Å². The third kappa shape index (κ3) is 3.08. The molecule has 0 aliphatic heterocycles. The maximum atomic E-state index is 13.4. The summed E-state index contributed by atoms with van der Waals surface area (Å²) in [5, 5.41) is 0. The van der Waals surface area contributed by atoms with Crippen LogP contribution in [-0.2, 0) is 6.18 Å². The lowest BCUT2D eigenvalue weighted by Crippen LogP contribution is -2.19. The Morgan fingerprint density at radius 1 is 1.00 bits per heavy atom. The Balaban J connectivity index is 2.60. The Labute approximate surface area is 120 Å². The van der Waals surface area contributed by atoms with Crippen molar-refractivity contribution in [2.45, 2.75) is 26.1 Å². The molecule has 0 spiro atoms. The predicted octanol–water partition coefficient (Wildman–Crippen LogP) is 4.51. The highest BCUT2D eigenvalue weighted by Gasteiger charge is 2.35. The van der Waals surface area contributed by atoms with E-state index in [-0.39, 0.29) is 5.56 Å². The van der Waals surface area contributed by atoms with Crippen LogP contribution in [0.2, 0.25) is 0 Å². The van der Waals surface area contributed by atoms with Gasteiger partial charge in [0.2, 0.25) is 0 Å². The SMILES string of the molecule is Cc1cccc(C(N)c2cc(F)ccc2C(F)(F)F)c1C. The van der Waals surface area contributed by atoms with E-state index in [1.165, 1.54) is 0 Å². The van der Waals surface area contributed by atoms with Crippen LogP contribution < -0.4 is 5.73 Å². The van der Waals surface area contributed by atoms with Gasteiger partial charge >= 0.3 is 6.18 Å². The van der Waals surface area contributed by atoms with Crippen LogP contribution in [0.4, 0.5) is 17.6 Å². The molecule has 2 aromatic rings. The Morgan fingerprint density at radius 2 is 1.67 bits per heavy atom. The molecule has 2 N–H and O–H groups in total. The van der Waals surface area contributed by atoms with Crippen LogP contribution in [0.3, 0.4) is 0 Å². The lowest BCUT2D eigenvalue weighted by atomic mass is 9.90. The summed E-state index contributed by atoms with van der Waals surface area (Å²) in [5.41, 5.74) is 7.12. The fraction of sp³-hybridized carbons (Fsp3) is 0.250. The first-order chi connectivity index (χ1) is 9.71. The Bertz CT molecular complexity index is 662. The van der Waals surface area contributed by atoms with Gasteiger partial charge in [0.05, 0.1) is 11.6 Å². The van der Waals surface area contributed by atoms with E-state index in [1.807, 2.05) is 13.0 Å². The van der Waals surface area contributed by atoms with Gasteiger partial charge in [-0.2, -0.15) is 13.2 Å². The predicted molar refractivity (Wildman–Crippen MR) is 73.3 cm³/mol. The summed E-state index contributed by atoms with van der Waals surface area (Å²) in [5.74, 6) is -0.737. The van der Waals surface area contributed by atoms with E-state index in [9.17, 15) is 17.6 Å². The van der Waals surface area contributed by atoms with Gasteiger partial charge in [0.15, 0.2) is 0 Å². The summed E-state index contributed by atoms with van der Waals surface area (Å²) in [7, 11) is 0. The van der Waals surface area contributed by atoms with Crippen LogP contribution >= 0.6 is 0 Å². The average Bonchev–Trinajstić information content (AvgIpc) is 2.39. The van der Waals surface area contributed by atoms with E-state index in [0.29, 0.717) is 5.56 Å². The number of alkyl halides is 3. The summed E-state index contributed by atoms with van der Waals surface area (Å²) in [6, 6.07) is 6.59. The van der Waals surface area contributed by atoms with Crippen molar-refractivity contribution >= 4 is 0 Å². The van der Waals surface area contributed by atoms with Gasteiger partial charge in [-0.1, -0.05) is 18.2 Å². The highest BCUT2D eigenvalue weighted by atomic mass is 19.4. The molecule has 1 nitrogen and oxygen atoms in total. The van der Waals surface area contributed by atoms with Gasteiger partial charge in [-0.15, -0.1) is 0 Å². The fourth-order valence-electron chi connectivity index (χ4n) is 2.33. The van der Waals surface area contributed by atoms with Gasteiger partial charge < -0.3 is 5.73 Å². The molecule has 2 rings (SSSR count). The normalized spacial score (nSPS) is 13.3. The van der Waals surface area contributed by atoms with Crippen LogP contribution in [0.15, 0.2) is 36.4 Å². The first kappa shape index (κ1) is 15.5. The molecule has 5 heteroatoms. The molecule has 21 heavy (non-hydrogen) atoms. The molecular formula is C16H15F4N. The maximum Gasteiger partial charge on any atom is 0.416 e. The average molecular weight is 297 g/mol. The zero-order chi connectivity index (χ0) is 15.8. The maximum absolute atomic E-state index is 13.4. The van der Waals surface area contributed by atoms with Gasteiger partial charge in [0, 0.05) is 0 Å². The number of rotatable bonds is 2. The van der Waals surface area contributed by atoms with E-state index >= 15 is 0 Å². The monoisotopic (exact) mass is 297 g/mol. The minimum atomic E-state index is -4.57. The molecule has 0 saturated heterocycles. The van der Waals surface area contributed by atoms with Crippen molar-refractivity contribution in [2.24, 2.45) is 5.73 Å². The second-order valence-corrected chi connectivity index (χ2v) is 5.00. The molecule has 0 saturated carbocycles. The molecule has 1 unspecified atom stereocenters. The van der Waals surface area contributed by atoms with Crippen molar-refractivity contribution in [1.82, 2.24) is 0 Å². The number of benzene rings is 2. The quantitative estimate of drug-likeness (QED) is 0.811. The number of hydrogen-bond acceptors (Lipinski definition) is 1. The molecule has 0 aliphatic carbocycles. The van der Waals surface area contributed by atoms with E-state index in [4.69, 9.17) is 5.73 Å². The van der Waals surface area contributed by atoms with E-state index in [2.05, 4.69) is 0 Å². The smallest absolute Gasteiger partial charge is 0.320 e. The summed E-state index contributed by atoms with van der Waals surface area (Å²) in [6.07, 6.45) is -4.57. The molecule has 0 heterocycles. The Hall–Kier alpha value is -1.88. The number of aryl methyl sites for hydroxylation is 1. The second kappa shape index (κ2) is 5.48. The minimum absolute atomic E-state index is 0.254. The molecule has 0 aromatic heterocycles. The molecule has 0 bridgehead atoms. The molecule has 0 amide bonds. The molecule has 2 aromatic carbocycles. The van der Waals surface area contributed by atoms with Crippen molar-refractivity contribution in [3.63, 3.8) is 0 Å². The van der Waals surface area contributed by atoms with Gasteiger partial charge in [0.1, 0.15) is 5.82 Å². The first-order valence-corrected chi connectivity index (χ1v) is 6.40. The third-order valence-corrected chi connectivity index (χ3v) is 3.64. The highest BCUT2D eigenvalue weighted by molar-refractivity contribution is 5.43. The zero-order valence-electron chi connectivity index (χ0n) is 11.6. The first-order valence-electron chi connectivity index (χ1n) is 6.40. The molecule has 0 aliphatic rings. The number of nitrogens with two attached hydrogens (primary N) is 1. The van der Waals surface area contributed by atoms with Crippen LogP contribution in [0.5, 0.6) is 0 Å². The summed E-state index contributed by atoms with van der Waals surface area (Å²) < 4.78 is 52.5. The van der Waals surface area contributed by atoms with Crippen LogP contribution in [-0.4, -0.2) is 0 Å².